The molecule has 126 valence electrons. The third-order valence-corrected chi connectivity index (χ3v) is 5.95. The summed E-state index contributed by atoms with van der Waals surface area (Å²) >= 11 is 1.72. The van der Waals surface area contributed by atoms with Crippen LogP contribution in [0.2, 0.25) is 0 Å². The Morgan fingerprint density at radius 3 is 3.04 bits per heavy atom. The van der Waals surface area contributed by atoms with Crippen LogP contribution in [0.25, 0.3) is 0 Å². The van der Waals surface area contributed by atoms with Gasteiger partial charge in [0.05, 0.1) is 18.6 Å². The monoisotopic (exact) mass is 336 g/mol. The number of rotatable bonds is 3. The van der Waals surface area contributed by atoms with Gasteiger partial charge in [0.25, 0.3) is 5.91 Å². The van der Waals surface area contributed by atoms with E-state index in [2.05, 4.69) is 21.7 Å². The minimum absolute atomic E-state index is 0.00739. The van der Waals surface area contributed by atoms with Crippen molar-refractivity contribution in [3.63, 3.8) is 0 Å². The fourth-order valence-electron chi connectivity index (χ4n) is 4.04. The van der Waals surface area contributed by atoms with E-state index in [1.165, 1.54) is 5.56 Å². The normalized spacial score (nSPS) is 32.0. The Kier molecular flexibility index (Phi) is 4.66. The summed E-state index contributed by atoms with van der Waals surface area (Å²) < 4.78 is 5.92. The molecule has 6 heteroatoms. The molecule has 23 heavy (non-hydrogen) atoms. The predicted octanol–water partition coefficient (Wildman–Crippen LogP) is 2.14. The molecule has 4 rings (SSSR count). The Hall–Kier alpha value is -0.950. The fourth-order valence-corrected chi connectivity index (χ4v) is 4.70. The molecule has 0 radical (unpaired) electrons. The van der Waals surface area contributed by atoms with Gasteiger partial charge in [0, 0.05) is 38.7 Å². The maximum atomic E-state index is 13.0. The summed E-state index contributed by atoms with van der Waals surface area (Å²) in [6.07, 6.45) is 3.29. The molecule has 1 aromatic heterocycles. The zero-order valence-corrected chi connectivity index (χ0v) is 14.2. The third-order valence-electron chi connectivity index (χ3n) is 5.22. The lowest BCUT2D eigenvalue weighted by atomic mass is 9.82. The molecule has 1 amide bonds. The minimum Gasteiger partial charge on any atom is -0.377 e. The van der Waals surface area contributed by atoms with Gasteiger partial charge in [0.2, 0.25) is 0 Å². The van der Waals surface area contributed by atoms with E-state index in [0.29, 0.717) is 12.5 Å². The SMILES string of the molecule is O=C([C@H]1CN(Cc2ccsc2)C[C@H]2OCC[C@@H]12)N1CCCCO1. The minimum atomic E-state index is 0.00739. The molecular formula is C17H24N2O3S. The number of carbonyl (C=O) groups is 1. The number of hydrogen-bond donors (Lipinski definition) is 0. The summed E-state index contributed by atoms with van der Waals surface area (Å²) in [5, 5.41) is 5.92. The van der Waals surface area contributed by atoms with Gasteiger partial charge in [0.1, 0.15) is 0 Å². The van der Waals surface area contributed by atoms with Crippen LogP contribution in [-0.4, -0.2) is 54.8 Å². The molecule has 3 fully saturated rings. The van der Waals surface area contributed by atoms with E-state index in [1.807, 2.05) is 0 Å². The third kappa shape index (κ3) is 3.31. The number of piperidine rings is 1. The first-order valence-electron chi connectivity index (χ1n) is 8.60. The van der Waals surface area contributed by atoms with Gasteiger partial charge < -0.3 is 4.74 Å². The molecule has 0 unspecified atom stereocenters. The smallest absolute Gasteiger partial charge is 0.250 e. The fraction of sp³-hybridized carbons (Fsp3) is 0.706. The number of carbonyl (C=O) groups excluding carboxylic acids is 1. The average Bonchev–Trinajstić information content (AvgIpc) is 3.26. The van der Waals surface area contributed by atoms with Crippen LogP contribution in [-0.2, 0) is 20.9 Å². The lowest BCUT2D eigenvalue weighted by Crippen LogP contribution is -2.53. The standard InChI is InChI=1S/C17H24N2O3S/c20-17(19-5-1-2-6-22-19)15-10-18(9-13-4-8-23-12-13)11-16-14(15)3-7-21-16/h4,8,12,14-16H,1-3,5-7,9-11H2/t14-,15-,16+/m0/s1. The average molecular weight is 336 g/mol. The van der Waals surface area contributed by atoms with Crippen LogP contribution in [0.3, 0.4) is 0 Å². The van der Waals surface area contributed by atoms with Crippen LogP contribution in [0.1, 0.15) is 24.8 Å². The number of hydrogen-bond acceptors (Lipinski definition) is 5. The highest BCUT2D eigenvalue weighted by Gasteiger charge is 2.45. The highest BCUT2D eigenvalue weighted by Crippen LogP contribution is 2.35. The second kappa shape index (κ2) is 6.89. The van der Waals surface area contributed by atoms with Crippen LogP contribution < -0.4 is 0 Å². The molecule has 3 aliphatic rings. The molecule has 5 nitrogen and oxygen atoms in total. The van der Waals surface area contributed by atoms with Crippen molar-refractivity contribution in [3.05, 3.63) is 22.4 Å². The summed E-state index contributed by atoms with van der Waals surface area (Å²) in [4.78, 5) is 20.9. The van der Waals surface area contributed by atoms with Crippen molar-refractivity contribution >= 4 is 17.2 Å². The molecule has 1 aromatic rings. The summed E-state index contributed by atoms with van der Waals surface area (Å²) in [5.74, 6) is 0.528. The molecule has 0 saturated carbocycles. The first-order chi connectivity index (χ1) is 11.3. The summed E-state index contributed by atoms with van der Waals surface area (Å²) in [6.45, 7) is 4.84. The molecule has 3 saturated heterocycles. The Labute approximate surface area is 141 Å². The van der Waals surface area contributed by atoms with Crippen LogP contribution in [0.15, 0.2) is 16.8 Å². The first-order valence-corrected chi connectivity index (χ1v) is 9.55. The van der Waals surface area contributed by atoms with Gasteiger partial charge in [0.15, 0.2) is 0 Å². The van der Waals surface area contributed by atoms with E-state index in [0.717, 1.165) is 52.0 Å². The maximum Gasteiger partial charge on any atom is 0.250 e. The van der Waals surface area contributed by atoms with Gasteiger partial charge in [-0.1, -0.05) is 0 Å². The van der Waals surface area contributed by atoms with Crippen molar-refractivity contribution in [1.29, 1.82) is 0 Å². The van der Waals surface area contributed by atoms with Crippen molar-refractivity contribution < 1.29 is 14.4 Å². The Balaban J connectivity index is 1.47. The van der Waals surface area contributed by atoms with Gasteiger partial charge in [-0.25, -0.2) is 5.06 Å². The Bertz CT molecular complexity index is 530. The number of hydroxylamine groups is 2. The zero-order chi connectivity index (χ0) is 15.6. The van der Waals surface area contributed by atoms with Gasteiger partial charge in [-0.15, -0.1) is 0 Å². The molecule has 0 bridgehead atoms. The quantitative estimate of drug-likeness (QED) is 0.848. The molecule has 0 aliphatic carbocycles. The van der Waals surface area contributed by atoms with Gasteiger partial charge in [-0.2, -0.15) is 11.3 Å². The summed E-state index contributed by atoms with van der Waals surface area (Å²) in [7, 11) is 0. The lowest BCUT2D eigenvalue weighted by Gasteiger charge is -2.41. The predicted molar refractivity (Wildman–Crippen MR) is 87.8 cm³/mol. The number of fused-ring (bicyclic) bond motifs is 1. The summed E-state index contributed by atoms with van der Waals surface area (Å²) in [5.41, 5.74) is 1.33. The van der Waals surface area contributed by atoms with E-state index in [-0.39, 0.29) is 17.9 Å². The Morgan fingerprint density at radius 2 is 2.26 bits per heavy atom. The number of amides is 1. The zero-order valence-electron chi connectivity index (χ0n) is 13.4. The molecule has 4 heterocycles. The molecule has 0 aromatic carbocycles. The topological polar surface area (TPSA) is 42.0 Å². The largest absolute Gasteiger partial charge is 0.377 e. The second-order valence-corrected chi connectivity index (χ2v) is 7.55. The van der Waals surface area contributed by atoms with Crippen molar-refractivity contribution in [1.82, 2.24) is 9.96 Å². The van der Waals surface area contributed by atoms with Crippen LogP contribution in [0, 0.1) is 11.8 Å². The molecule has 0 spiro atoms. The molecule has 3 aliphatic heterocycles. The van der Waals surface area contributed by atoms with Crippen molar-refractivity contribution in [2.75, 3.05) is 32.8 Å². The van der Waals surface area contributed by atoms with Crippen molar-refractivity contribution in [2.45, 2.75) is 31.9 Å². The highest BCUT2D eigenvalue weighted by atomic mass is 32.1. The van der Waals surface area contributed by atoms with Crippen LogP contribution in [0.5, 0.6) is 0 Å². The summed E-state index contributed by atoms with van der Waals surface area (Å²) in [6, 6.07) is 2.16. The molecular weight excluding hydrogens is 312 g/mol. The maximum absolute atomic E-state index is 13.0. The first kappa shape index (κ1) is 15.6. The molecule has 0 N–H and O–H groups in total. The van der Waals surface area contributed by atoms with E-state index in [1.54, 1.807) is 16.4 Å². The second-order valence-electron chi connectivity index (χ2n) is 6.77. The number of likely N-dealkylation sites (tertiary alicyclic amines) is 1. The van der Waals surface area contributed by atoms with E-state index in [9.17, 15) is 4.79 Å². The van der Waals surface area contributed by atoms with Crippen molar-refractivity contribution in [3.8, 4) is 0 Å². The van der Waals surface area contributed by atoms with Gasteiger partial charge >= 0.3 is 0 Å². The Morgan fingerprint density at radius 1 is 1.30 bits per heavy atom. The van der Waals surface area contributed by atoms with Crippen LogP contribution >= 0.6 is 11.3 Å². The lowest BCUT2D eigenvalue weighted by molar-refractivity contribution is -0.205. The van der Waals surface area contributed by atoms with Crippen molar-refractivity contribution in [2.24, 2.45) is 11.8 Å². The molecule has 3 atom stereocenters. The number of thiophene rings is 1. The number of nitrogens with zero attached hydrogens (tertiary/aromatic N) is 2. The van der Waals surface area contributed by atoms with E-state index < -0.39 is 0 Å². The van der Waals surface area contributed by atoms with E-state index >= 15 is 0 Å². The van der Waals surface area contributed by atoms with E-state index in [4.69, 9.17) is 9.57 Å². The highest BCUT2D eigenvalue weighted by molar-refractivity contribution is 7.07. The van der Waals surface area contributed by atoms with Crippen LogP contribution in [0.4, 0.5) is 0 Å². The number of ether oxygens (including phenoxy) is 1. The van der Waals surface area contributed by atoms with Gasteiger partial charge in [-0.3, -0.25) is 14.5 Å². The van der Waals surface area contributed by atoms with Gasteiger partial charge in [-0.05, 0) is 41.7 Å².